The first-order valence-electron chi connectivity index (χ1n) is 5.60. The minimum Gasteiger partial charge on any atom is -0.382 e. The van der Waals surface area contributed by atoms with E-state index in [9.17, 15) is 0 Å². The maximum absolute atomic E-state index is 9.13. The average molecular weight is 242 g/mol. The van der Waals surface area contributed by atoms with Crippen molar-refractivity contribution >= 4 is 11.6 Å². The molecule has 0 aliphatic heterocycles. The summed E-state index contributed by atoms with van der Waals surface area (Å²) in [5.74, 6) is 1.36. The Labute approximate surface area is 105 Å². The van der Waals surface area contributed by atoms with E-state index in [1.807, 2.05) is 26.0 Å². The van der Waals surface area contributed by atoms with Gasteiger partial charge in [0.1, 0.15) is 17.5 Å². The zero-order chi connectivity index (χ0) is 13.1. The molecule has 0 fully saturated rings. The van der Waals surface area contributed by atoms with Gasteiger partial charge in [0.2, 0.25) is 0 Å². The monoisotopic (exact) mass is 242 g/mol. The summed E-state index contributed by atoms with van der Waals surface area (Å²) in [6, 6.07) is 7.66. The van der Waals surface area contributed by atoms with E-state index in [4.69, 9.17) is 11.0 Å². The van der Waals surface area contributed by atoms with E-state index >= 15 is 0 Å². The summed E-state index contributed by atoms with van der Waals surface area (Å²) in [5, 5.41) is 16.5. The predicted molar refractivity (Wildman–Crippen MR) is 69.2 cm³/mol. The van der Waals surface area contributed by atoms with Crippen molar-refractivity contribution in [2.75, 3.05) is 11.1 Å². The molecule has 2 rings (SSSR count). The molecule has 0 atom stereocenters. The Balaban J connectivity index is 2.51. The number of nitriles is 1. The van der Waals surface area contributed by atoms with Gasteiger partial charge in [-0.3, -0.25) is 0 Å². The second kappa shape index (κ2) is 4.75. The molecule has 0 aromatic carbocycles. The maximum Gasteiger partial charge on any atom is 0.169 e. The number of aromatic nitrogens is 3. The maximum atomic E-state index is 9.13. The standard InChI is InChI=1S/C12H14N6/c1-8(2)16-12-9(7-13)11(14)18(17-12)10-5-3-4-6-15-10/h3-6,8H,14H2,1-2H3,(H,16,17). The average Bonchev–Trinajstić information content (AvgIpc) is 2.66. The Morgan fingerprint density at radius 1 is 1.44 bits per heavy atom. The van der Waals surface area contributed by atoms with E-state index in [1.165, 1.54) is 4.68 Å². The number of rotatable bonds is 3. The van der Waals surface area contributed by atoms with E-state index in [1.54, 1.807) is 12.3 Å². The van der Waals surface area contributed by atoms with Gasteiger partial charge in [0.15, 0.2) is 11.6 Å². The fourth-order valence-electron chi connectivity index (χ4n) is 1.57. The Kier molecular flexibility index (Phi) is 3.15. The topological polar surface area (TPSA) is 92.6 Å². The minimum atomic E-state index is 0.170. The van der Waals surface area contributed by atoms with Crippen LogP contribution in [-0.2, 0) is 0 Å². The molecule has 18 heavy (non-hydrogen) atoms. The number of nitrogens with zero attached hydrogens (tertiary/aromatic N) is 4. The lowest BCUT2D eigenvalue weighted by molar-refractivity contribution is 0.833. The second-order valence-electron chi connectivity index (χ2n) is 4.12. The van der Waals surface area contributed by atoms with Crippen LogP contribution in [0.2, 0.25) is 0 Å². The number of nitrogen functional groups attached to an aromatic ring is 1. The quantitative estimate of drug-likeness (QED) is 0.851. The van der Waals surface area contributed by atoms with Crippen LogP contribution in [0.1, 0.15) is 19.4 Å². The van der Waals surface area contributed by atoms with Crippen LogP contribution in [0.3, 0.4) is 0 Å². The van der Waals surface area contributed by atoms with Gasteiger partial charge in [0.25, 0.3) is 0 Å². The van der Waals surface area contributed by atoms with Crippen LogP contribution in [0.15, 0.2) is 24.4 Å². The van der Waals surface area contributed by atoms with Gasteiger partial charge in [-0.15, -0.1) is 5.10 Å². The third-order valence-corrected chi connectivity index (χ3v) is 2.32. The van der Waals surface area contributed by atoms with Crippen molar-refractivity contribution in [3.05, 3.63) is 30.0 Å². The Morgan fingerprint density at radius 3 is 2.78 bits per heavy atom. The molecule has 0 bridgehead atoms. The highest BCUT2D eigenvalue weighted by molar-refractivity contribution is 5.65. The van der Waals surface area contributed by atoms with Gasteiger partial charge < -0.3 is 11.1 Å². The summed E-state index contributed by atoms with van der Waals surface area (Å²) in [5.41, 5.74) is 6.26. The molecule has 6 nitrogen and oxygen atoms in total. The van der Waals surface area contributed by atoms with Crippen molar-refractivity contribution in [1.29, 1.82) is 5.26 Å². The molecule has 3 N–H and O–H groups in total. The van der Waals surface area contributed by atoms with E-state index in [-0.39, 0.29) is 6.04 Å². The third-order valence-electron chi connectivity index (χ3n) is 2.32. The number of nitrogens with one attached hydrogen (secondary N) is 1. The number of nitrogens with two attached hydrogens (primary N) is 1. The highest BCUT2D eigenvalue weighted by Crippen LogP contribution is 2.23. The number of hydrogen-bond acceptors (Lipinski definition) is 5. The minimum absolute atomic E-state index is 0.170. The summed E-state index contributed by atoms with van der Waals surface area (Å²) in [7, 11) is 0. The summed E-state index contributed by atoms with van der Waals surface area (Å²) in [6.45, 7) is 3.94. The van der Waals surface area contributed by atoms with E-state index in [0.29, 0.717) is 23.0 Å². The molecule has 0 amide bonds. The molecule has 2 aromatic rings. The van der Waals surface area contributed by atoms with Gasteiger partial charge in [-0.05, 0) is 26.0 Å². The highest BCUT2D eigenvalue weighted by Gasteiger charge is 2.17. The van der Waals surface area contributed by atoms with Gasteiger partial charge in [0, 0.05) is 12.2 Å². The smallest absolute Gasteiger partial charge is 0.169 e. The highest BCUT2D eigenvalue weighted by atomic mass is 15.4. The van der Waals surface area contributed by atoms with E-state index < -0.39 is 0 Å². The molecule has 6 heteroatoms. The van der Waals surface area contributed by atoms with Crippen molar-refractivity contribution < 1.29 is 0 Å². The molecule has 0 radical (unpaired) electrons. The fraction of sp³-hybridized carbons (Fsp3) is 0.250. The van der Waals surface area contributed by atoms with Crippen molar-refractivity contribution in [2.45, 2.75) is 19.9 Å². The van der Waals surface area contributed by atoms with Gasteiger partial charge in [-0.25, -0.2) is 4.98 Å². The zero-order valence-electron chi connectivity index (χ0n) is 10.3. The molecule has 0 aliphatic rings. The normalized spacial score (nSPS) is 10.3. The van der Waals surface area contributed by atoms with Crippen molar-refractivity contribution in [2.24, 2.45) is 0 Å². The molecule has 0 spiro atoms. The van der Waals surface area contributed by atoms with Gasteiger partial charge in [0.05, 0.1) is 0 Å². The van der Waals surface area contributed by atoms with E-state index in [2.05, 4.69) is 21.5 Å². The third kappa shape index (κ3) is 2.11. The van der Waals surface area contributed by atoms with Crippen LogP contribution in [-0.4, -0.2) is 20.8 Å². The molecule has 2 heterocycles. The largest absolute Gasteiger partial charge is 0.382 e. The fourth-order valence-corrected chi connectivity index (χ4v) is 1.57. The first kappa shape index (κ1) is 11.9. The van der Waals surface area contributed by atoms with Crippen molar-refractivity contribution in [1.82, 2.24) is 14.8 Å². The first-order chi connectivity index (χ1) is 8.63. The SMILES string of the molecule is CC(C)Nc1nn(-c2ccccn2)c(N)c1C#N. The Morgan fingerprint density at radius 2 is 2.22 bits per heavy atom. The molecule has 0 saturated carbocycles. The van der Waals surface area contributed by atoms with Crippen LogP contribution in [0.5, 0.6) is 0 Å². The summed E-state index contributed by atoms with van der Waals surface area (Å²) in [6.07, 6.45) is 1.65. The van der Waals surface area contributed by atoms with E-state index in [0.717, 1.165) is 0 Å². The van der Waals surface area contributed by atoms with Gasteiger partial charge >= 0.3 is 0 Å². The Hall–Kier alpha value is -2.55. The lowest BCUT2D eigenvalue weighted by Crippen LogP contribution is -2.11. The summed E-state index contributed by atoms with van der Waals surface area (Å²) < 4.78 is 1.46. The van der Waals surface area contributed by atoms with Crippen LogP contribution < -0.4 is 11.1 Å². The van der Waals surface area contributed by atoms with Crippen LogP contribution >= 0.6 is 0 Å². The molecule has 0 saturated heterocycles. The van der Waals surface area contributed by atoms with Crippen LogP contribution in [0.25, 0.3) is 5.82 Å². The summed E-state index contributed by atoms with van der Waals surface area (Å²) >= 11 is 0. The molecular weight excluding hydrogens is 228 g/mol. The summed E-state index contributed by atoms with van der Waals surface area (Å²) in [4.78, 5) is 4.16. The van der Waals surface area contributed by atoms with Crippen molar-refractivity contribution in [3.8, 4) is 11.9 Å². The zero-order valence-corrected chi connectivity index (χ0v) is 10.3. The predicted octanol–water partition coefficient (Wildman–Crippen LogP) is 1.54. The lowest BCUT2D eigenvalue weighted by atomic mass is 10.3. The van der Waals surface area contributed by atoms with Crippen LogP contribution in [0.4, 0.5) is 11.6 Å². The number of pyridine rings is 1. The van der Waals surface area contributed by atoms with Gasteiger partial charge in [-0.1, -0.05) is 6.07 Å². The number of hydrogen-bond donors (Lipinski definition) is 2. The molecular formula is C12H14N6. The molecule has 92 valence electrons. The first-order valence-corrected chi connectivity index (χ1v) is 5.60. The Bertz CT molecular complexity index is 579. The molecule has 2 aromatic heterocycles. The molecule has 0 aliphatic carbocycles. The van der Waals surface area contributed by atoms with Gasteiger partial charge in [-0.2, -0.15) is 9.94 Å². The second-order valence-corrected chi connectivity index (χ2v) is 4.12. The lowest BCUT2D eigenvalue weighted by Gasteiger charge is -2.05. The van der Waals surface area contributed by atoms with Crippen LogP contribution in [0, 0.1) is 11.3 Å². The number of anilines is 2. The molecule has 0 unspecified atom stereocenters. The van der Waals surface area contributed by atoms with Crippen molar-refractivity contribution in [3.63, 3.8) is 0 Å².